The first-order valence-corrected chi connectivity index (χ1v) is 6.95. The largest absolute Gasteiger partial charge is 0.494 e. The number of aliphatic hydroxyl groups is 1. The molecule has 0 amide bonds. The quantitative estimate of drug-likeness (QED) is 0.751. The fraction of sp³-hybridized carbons (Fsp3) is 0.571. The van der Waals surface area contributed by atoms with Crippen molar-refractivity contribution in [3.63, 3.8) is 0 Å². The van der Waals surface area contributed by atoms with Gasteiger partial charge in [0, 0.05) is 14.2 Å². The molecular formula is C14H19BO6. The summed E-state index contributed by atoms with van der Waals surface area (Å²) in [6.45, 7) is 0.369. The van der Waals surface area contributed by atoms with E-state index < -0.39 is 31.7 Å². The number of fused-ring (bicyclic) bond motifs is 1. The zero-order valence-corrected chi connectivity index (χ0v) is 12.1. The Balaban J connectivity index is 1.77. The Bertz CT molecular complexity index is 484. The summed E-state index contributed by atoms with van der Waals surface area (Å²) < 4.78 is 28.0. The third-order valence-corrected chi connectivity index (χ3v) is 3.93. The SMILES string of the molecule is COC1[C@@H](CO)O[C@@H](OC)[C@H]1OB1OCc2ccccc21. The van der Waals surface area contributed by atoms with Crippen LogP contribution in [-0.2, 0) is 30.1 Å². The first-order chi connectivity index (χ1) is 10.3. The normalized spacial score (nSPS) is 31.7. The van der Waals surface area contributed by atoms with Gasteiger partial charge in [0.25, 0.3) is 0 Å². The van der Waals surface area contributed by atoms with Crippen LogP contribution in [0.15, 0.2) is 24.3 Å². The highest BCUT2D eigenvalue weighted by atomic mass is 16.7. The van der Waals surface area contributed by atoms with Gasteiger partial charge in [-0.1, -0.05) is 24.3 Å². The molecule has 1 N–H and O–H groups in total. The number of aliphatic hydroxyl groups excluding tert-OH is 1. The van der Waals surface area contributed by atoms with E-state index in [0.29, 0.717) is 6.61 Å². The maximum Gasteiger partial charge on any atom is 0.494 e. The van der Waals surface area contributed by atoms with Crippen LogP contribution in [0.4, 0.5) is 0 Å². The summed E-state index contributed by atoms with van der Waals surface area (Å²) in [4.78, 5) is 0. The van der Waals surface area contributed by atoms with Crippen molar-refractivity contribution in [1.82, 2.24) is 0 Å². The zero-order valence-electron chi connectivity index (χ0n) is 12.1. The van der Waals surface area contributed by atoms with Gasteiger partial charge in [-0.2, -0.15) is 0 Å². The van der Waals surface area contributed by atoms with Crippen molar-refractivity contribution in [2.75, 3.05) is 20.8 Å². The Kier molecular flexibility index (Phi) is 4.58. The second kappa shape index (κ2) is 6.43. The minimum atomic E-state index is -0.594. The van der Waals surface area contributed by atoms with Crippen molar-refractivity contribution in [3.8, 4) is 0 Å². The molecule has 2 aliphatic rings. The van der Waals surface area contributed by atoms with Crippen molar-refractivity contribution in [1.29, 1.82) is 0 Å². The smallest absolute Gasteiger partial charge is 0.403 e. The topological polar surface area (TPSA) is 66.4 Å². The average Bonchev–Trinajstić information content (AvgIpc) is 3.09. The first-order valence-electron chi connectivity index (χ1n) is 6.95. The Morgan fingerprint density at radius 1 is 1.24 bits per heavy atom. The van der Waals surface area contributed by atoms with Gasteiger partial charge in [0.15, 0.2) is 6.29 Å². The molecule has 1 aromatic rings. The number of methoxy groups -OCH3 is 2. The number of hydrogen-bond acceptors (Lipinski definition) is 6. The van der Waals surface area contributed by atoms with E-state index in [1.807, 2.05) is 24.3 Å². The van der Waals surface area contributed by atoms with E-state index in [0.717, 1.165) is 11.0 Å². The van der Waals surface area contributed by atoms with Crippen LogP contribution in [0.1, 0.15) is 5.56 Å². The van der Waals surface area contributed by atoms with Crippen molar-refractivity contribution in [3.05, 3.63) is 29.8 Å². The van der Waals surface area contributed by atoms with Crippen molar-refractivity contribution >= 4 is 12.6 Å². The lowest BCUT2D eigenvalue weighted by atomic mass is 9.78. The Hall–Kier alpha value is -0.955. The van der Waals surface area contributed by atoms with Crippen LogP contribution in [0.3, 0.4) is 0 Å². The summed E-state index contributed by atoms with van der Waals surface area (Å²) in [6.07, 6.45) is -1.94. The maximum atomic E-state index is 9.37. The van der Waals surface area contributed by atoms with Crippen molar-refractivity contribution in [2.24, 2.45) is 0 Å². The van der Waals surface area contributed by atoms with Gasteiger partial charge >= 0.3 is 7.12 Å². The fourth-order valence-corrected chi connectivity index (χ4v) is 2.86. The molecule has 0 aromatic heterocycles. The van der Waals surface area contributed by atoms with E-state index in [1.165, 1.54) is 7.11 Å². The predicted octanol–water partition coefficient (Wildman–Crippen LogP) is -0.324. The monoisotopic (exact) mass is 294 g/mol. The Morgan fingerprint density at radius 3 is 2.76 bits per heavy atom. The summed E-state index contributed by atoms with van der Waals surface area (Å²) >= 11 is 0. The minimum Gasteiger partial charge on any atom is -0.403 e. The third kappa shape index (κ3) is 2.73. The summed E-state index contributed by atoms with van der Waals surface area (Å²) in [5, 5.41) is 9.37. The minimum absolute atomic E-state index is 0.152. The molecule has 2 heterocycles. The van der Waals surface area contributed by atoms with E-state index >= 15 is 0 Å². The molecular weight excluding hydrogens is 275 g/mol. The van der Waals surface area contributed by atoms with Gasteiger partial charge in [-0.25, -0.2) is 0 Å². The summed E-state index contributed by atoms with van der Waals surface area (Å²) in [7, 11) is 2.63. The molecule has 1 aromatic carbocycles. The van der Waals surface area contributed by atoms with E-state index in [4.69, 9.17) is 23.5 Å². The average molecular weight is 294 g/mol. The molecule has 0 spiro atoms. The molecule has 6 nitrogen and oxygen atoms in total. The lowest BCUT2D eigenvalue weighted by Crippen LogP contribution is -2.45. The molecule has 3 rings (SSSR count). The van der Waals surface area contributed by atoms with E-state index in [2.05, 4.69) is 0 Å². The standard InChI is InChI=1S/C14H19BO6/c1-17-12-11(7-16)20-14(18-2)13(12)21-15-10-6-4-3-5-9(10)8-19-15/h3-6,11-14,16H,7-8H2,1-2H3/t11-,12?,13+,14-/m1/s1. The zero-order chi connectivity index (χ0) is 14.8. The number of ether oxygens (including phenoxy) is 3. The van der Waals surface area contributed by atoms with Gasteiger partial charge in [0.2, 0.25) is 0 Å². The predicted molar refractivity (Wildman–Crippen MR) is 75.0 cm³/mol. The lowest BCUT2D eigenvalue weighted by Gasteiger charge is -2.24. The van der Waals surface area contributed by atoms with Crippen LogP contribution in [0.25, 0.3) is 0 Å². The van der Waals surface area contributed by atoms with Gasteiger partial charge in [-0.3, -0.25) is 0 Å². The van der Waals surface area contributed by atoms with Crippen LogP contribution in [0.2, 0.25) is 0 Å². The summed E-state index contributed by atoms with van der Waals surface area (Å²) in [5.74, 6) is 0. The number of hydrogen-bond donors (Lipinski definition) is 1. The molecule has 114 valence electrons. The Labute approximate surface area is 124 Å². The van der Waals surface area contributed by atoms with Gasteiger partial charge in [0.1, 0.15) is 18.3 Å². The molecule has 7 heteroatoms. The van der Waals surface area contributed by atoms with Crippen molar-refractivity contribution in [2.45, 2.75) is 31.2 Å². The van der Waals surface area contributed by atoms with E-state index in [9.17, 15) is 5.11 Å². The second-order valence-electron chi connectivity index (χ2n) is 5.10. The third-order valence-electron chi connectivity index (χ3n) is 3.93. The molecule has 0 bridgehead atoms. The van der Waals surface area contributed by atoms with Crippen LogP contribution in [0.5, 0.6) is 0 Å². The Morgan fingerprint density at radius 2 is 2.05 bits per heavy atom. The molecule has 21 heavy (non-hydrogen) atoms. The van der Waals surface area contributed by atoms with Crippen LogP contribution >= 0.6 is 0 Å². The van der Waals surface area contributed by atoms with Gasteiger partial charge in [-0.05, 0) is 11.0 Å². The number of benzene rings is 1. The van der Waals surface area contributed by atoms with E-state index in [-0.39, 0.29) is 6.61 Å². The van der Waals surface area contributed by atoms with E-state index in [1.54, 1.807) is 7.11 Å². The molecule has 1 fully saturated rings. The molecule has 0 aliphatic carbocycles. The van der Waals surface area contributed by atoms with Gasteiger partial charge < -0.3 is 28.6 Å². The highest BCUT2D eigenvalue weighted by Gasteiger charge is 2.48. The summed E-state index contributed by atoms with van der Waals surface area (Å²) in [5.41, 5.74) is 2.12. The first kappa shape index (κ1) is 15.0. The molecule has 1 unspecified atom stereocenters. The molecule has 1 saturated heterocycles. The highest BCUT2D eigenvalue weighted by molar-refractivity contribution is 6.62. The molecule has 0 saturated carbocycles. The van der Waals surface area contributed by atoms with Crippen LogP contribution in [0, 0.1) is 0 Å². The second-order valence-corrected chi connectivity index (χ2v) is 5.10. The van der Waals surface area contributed by atoms with Gasteiger partial charge in [0.05, 0.1) is 13.2 Å². The molecule has 0 radical (unpaired) electrons. The van der Waals surface area contributed by atoms with Crippen LogP contribution in [-0.4, -0.2) is 57.7 Å². The number of rotatable bonds is 5. The molecule has 4 atom stereocenters. The van der Waals surface area contributed by atoms with Crippen LogP contribution < -0.4 is 5.46 Å². The fourth-order valence-electron chi connectivity index (χ4n) is 2.86. The summed E-state index contributed by atoms with van der Waals surface area (Å²) in [6, 6.07) is 7.92. The van der Waals surface area contributed by atoms with Crippen molar-refractivity contribution < 1.29 is 28.6 Å². The highest BCUT2D eigenvalue weighted by Crippen LogP contribution is 2.28. The van der Waals surface area contributed by atoms with Gasteiger partial charge in [-0.15, -0.1) is 0 Å². The lowest BCUT2D eigenvalue weighted by molar-refractivity contribution is -0.150. The molecule has 2 aliphatic heterocycles. The maximum absolute atomic E-state index is 9.37.